The number of nitrogens with one attached hydrogen (secondary N) is 2. The number of imidazole rings is 1. The van der Waals surface area contributed by atoms with Gasteiger partial charge in [-0.3, -0.25) is 9.20 Å². The maximum atomic E-state index is 13.7. The Morgan fingerprint density at radius 1 is 1.15 bits per heavy atom. The number of hydrogen-bond acceptors (Lipinski definition) is 7. The summed E-state index contributed by atoms with van der Waals surface area (Å²) in [4.78, 5) is 26.1. The number of pyridine rings is 2. The number of amides is 1. The monoisotopic (exact) mass is 543 g/mol. The van der Waals surface area contributed by atoms with Crippen molar-refractivity contribution >= 4 is 28.7 Å². The lowest BCUT2D eigenvalue weighted by atomic mass is 9.76. The molecule has 1 saturated heterocycles. The molecular formula is C30H34FN7O2. The lowest BCUT2D eigenvalue weighted by Crippen LogP contribution is -2.65. The minimum Gasteiger partial charge on any atom is -0.386 e. The van der Waals surface area contributed by atoms with E-state index >= 15 is 0 Å². The Hall–Kier alpha value is -4.02. The van der Waals surface area contributed by atoms with Gasteiger partial charge in [0.15, 0.2) is 0 Å². The second kappa shape index (κ2) is 9.57. The molecule has 3 aromatic heterocycles. The zero-order valence-corrected chi connectivity index (χ0v) is 23.2. The van der Waals surface area contributed by atoms with Gasteiger partial charge < -0.3 is 25.5 Å². The summed E-state index contributed by atoms with van der Waals surface area (Å²) in [6.45, 7) is 5.93. The minimum absolute atomic E-state index is 0.160. The van der Waals surface area contributed by atoms with Crippen LogP contribution in [0, 0.1) is 5.82 Å². The van der Waals surface area contributed by atoms with Gasteiger partial charge >= 0.3 is 0 Å². The molecule has 1 amide bonds. The molecule has 40 heavy (non-hydrogen) atoms. The highest BCUT2D eigenvalue weighted by atomic mass is 19.1. The molecule has 6 rings (SSSR count). The van der Waals surface area contributed by atoms with Crippen LogP contribution in [-0.4, -0.2) is 68.6 Å². The molecule has 9 nitrogen and oxygen atoms in total. The molecule has 1 fully saturated rings. The number of carbonyl (C=O) groups excluding carboxylic acids is 1. The number of carbonyl (C=O) groups is 1. The van der Waals surface area contributed by atoms with Crippen molar-refractivity contribution in [3.63, 3.8) is 0 Å². The second-order valence-corrected chi connectivity index (χ2v) is 11.5. The van der Waals surface area contributed by atoms with Crippen LogP contribution in [0.4, 0.5) is 21.6 Å². The van der Waals surface area contributed by atoms with E-state index in [0.717, 1.165) is 41.9 Å². The fraction of sp³-hybridized carbons (Fsp3) is 0.367. The van der Waals surface area contributed by atoms with E-state index in [0.29, 0.717) is 35.8 Å². The van der Waals surface area contributed by atoms with Crippen molar-refractivity contribution in [1.82, 2.24) is 24.6 Å². The summed E-state index contributed by atoms with van der Waals surface area (Å²) in [5.41, 5.74) is 3.94. The quantitative estimate of drug-likeness (QED) is 0.335. The summed E-state index contributed by atoms with van der Waals surface area (Å²) in [7, 11) is 4.00. The van der Waals surface area contributed by atoms with Gasteiger partial charge in [0.25, 0.3) is 5.91 Å². The van der Waals surface area contributed by atoms with Crippen LogP contribution < -0.4 is 15.5 Å². The molecule has 208 valence electrons. The number of nitrogens with zero attached hydrogens (tertiary/aromatic N) is 5. The molecule has 2 aliphatic rings. The van der Waals surface area contributed by atoms with Gasteiger partial charge in [0, 0.05) is 43.0 Å². The average Bonchev–Trinajstić information content (AvgIpc) is 3.53. The number of fused-ring (bicyclic) bond motifs is 2. The van der Waals surface area contributed by atoms with Gasteiger partial charge in [-0.2, -0.15) is 0 Å². The van der Waals surface area contributed by atoms with Crippen molar-refractivity contribution in [1.29, 1.82) is 0 Å². The van der Waals surface area contributed by atoms with Crippen LogP contribution in [0.5, 0.6) is 0 Å². The van der Waals surface area contributed by atoms with Crippen molar-refractivity contribution in [3.8, 4) is 11.3 Å². The molecule has 0 saturated carbocycles. The molecule has 3 N–H and O–H groups in total. The predicted molar refractivity (Wildman–Crippen MR) is 153 cm³/mol. The highest BCUT2D eigenvalue weighted by Crippen LogP contribution is 2.38. The molecule has 10 heteroatoms. The number of rotatable bonds is 6. The third-order valence-electron chi connectivity index (χ3n) is 8.82. The molecule has 1 aromatic carbocycles. The van der Waals surface area contributed by atoms with Gasteiger partial charge in [0.05, 0.1) is 40.6 Å². The molecule has 5 heterocycles. The zero-order chi connectivity index (χ0) is 28.2. The van der Waals surface area contributed by atoms with Gasteiger partial charge in [-0.25, -0.2) is 14.4 Å². The summed E-state index contributed by atoms with van der Waals surface area (Å²) < 4.78 is 15.5. The number of halogens is 1. The van der Waals surface area contributed by atoms with E-state index in [1.165, 1.54) is 12.1 Å². The van der Waals surface area contributed by atoms with Crippen molar-refractivity contribution in [2.45, 2.75) is 44.4 Å². The van der Waals surface area contributed by atoms with Gasteiger partial charge in [-0.05, 0) is 70.6 Å². The fourth-order valence-electron chi connectivity index (χ4n) is 5.80. The summed E-state index contributed by atoms with van der Waals surface area (Å²) in [5.74, 6) is 0.106. The Balaban J connectivity index is 1.26. The van der Waals surface area contributed by atoms with Crippen LogP contribution in [0.25, 0.3) is 16.9 Å². The zero-order valence-electron chi connectivity index (χ0n) is 23.2. The Morgan fingerprint density at radius 2 is 1.98 bits per heavy atom. The summed E-state index contributed by atoms with van der Waals surface area (Å²) >= 11 is 0. The molecule has 2 aliphatic heterocycles. The summed E-state index contributed by atoms with van der Waals surface area (Å²) in [6, 6.07) is 10.5. The molecule has 0 bridgehead atoms. The van der Waals surface area contributed by atoms with Crippen LogP contribution in [0.15, 0.2) is 55.0 Å². The molecular weight excluding hydrogens is 509 g/mol. The Bertz CT molecular complexity index is 1600. The first-order valence-corrected chi connectivity index (χ1v) is 13.5. The minimum atomic E-state index is -0.851. The van der Waals surface area contributed by atoms with E-state index in [2.05, 4.69) is 44.2 Å². The van der Waals surface area contributed by atoms with Gasteiger partial charge in [-0.15, -0.1) is 0 Å². The van der Waals surface area contributed by atoms with Crippen LogP contribution in [-0.2, 0) is 6.54 Å². The first-order valence-electron chi connectivity index (χ1n) is 13.5. The van der Waals surface area contributed by atoms with E-state index in [-0.39, 0.29) is 17.3 Å². The number of benzene rings is 1. The van der Waals surface area contributed by atoms with E-state index in [1.807, 2.05) is 49.0 Å². The van der Waals surface area contributed by atoms with Gasteiger partial charge in [-0.1, -0.05) is 6.07 Å². The third kappa shape index (κ3) is 4.28. The van der Waals surface area contributed by atoms with Crippen molar-refractivity contribution in [2.75, 3.05) is 37.4 Å². The normalized spacial score (nSPS) is 19.3. The largest absolute Gasteiger partial charge is 0.386 e. The fourth-order valence-corrected chi connectivity index (χ4v) is 5.80. The van der Waals surface area contributed by atoms with Crippen molar-refractivity contribution < 1.29 is 14.3 Å². The predicted octanol–water partition coefficient (Wildman–Crippen LogP) is 4.19. The summed E-state index contributed by atoms with van der Waals surface area (Å²) in [5, 5.41) is 17.8. The number of piperidine rings is 1. The Labute approximate surface area is 232 Å². The second-order valence-electron chi connectivity index (χ2n) is 11.5. The topological polar surface area (TPSA) is 98.0 Å². The first-order chi connectivity index (χ1) is 19.1. The average molecular weight is 544 g/mol. The highest BCUT2D eigenvalue weighted by Gasteiger charge is 2.47. The Morgan fingerprint density at radius 3 is 2.73 bits per heavy atom. The molecule has 0 aliphatic carbocycles. The molecule has 1 atom stereocenters. The van der Waals surface area contributed by atoms with Crippen LogP contribution in [0.1, 0.15) is 42.6 Å². The van der Waals surface area contributed by atoms with Crippen LogP contribution >= 0.6 is 0 Å². The van der Waals surface area contributed by atoms with Crippen molar-refractivity contribution in [3.05, 3.63) is 71.9 Å². The van der Waals surface area contributed by atoms with Gasteiger partial charge in [0.1, 0.15) is 17.3 Å². The third-order valence-corrected chi connectivity index (χ3v) is 8.82. The lowest BCUT2D eigenvalue weighted by Gasteiger charge is -2.52. The van der Waals surface area contributed by atoms with Gasteiger partial charge in [0.2, 0.25) is 0 Å². The van der Waals surface area contributed by atoms with Crippen LogP contribution in [0.3, 0.4) is 0 Å². The summed E-state index contributed by atoms with van der Waals surface area (Å²) in [6.07, 6.45) is 6.79. The van der Waals surface area contributed by atoms with Crippen molar-refractivity contribution in [2.24, 2.45) is 0 Å². The number of aromatic nitrogens is 3. The lowest BCUT2D eigenvalue weighted by molar-refractivity contribution is -0.0882. The Kier molecular flexibility index (Phi) is 6.27. The molecule has 4 aromatic rings. The smallest absolute Gasteiger partial charge is 0.254 e. The van der Waals surface area contributed by atoms with E-state index < -0.39 is 5.60 Å². The highest BCUT2D eigenvalue weighted by molar-refractivity contribution is 6.06. The number of β-amino-alcohol motifs (C(OH)–C–C–N with tert-alkyl or cyclic N) is 1. The first kappa shape index (κ1) is 26.2. The number of anilines is 3. The number of likely N-dealkylation sites (N-methyl/N-ethyl adjacent to an activating group) is 1. The SMILES string of the molecule is CN(C)C(C)(C)C1(O)CCCN(c2ccc(Nc3ccc(-c4cnc5cc(F)ccn45)c4c3C(=O)NC4)nc2)C1. The molecule has 0 radical (unpaired) electrons. The molecule has 1 unspecified atom stereocenters. The molecule has 0 spiro atoms. The van der Waals surface area contributed by atoms with E-state index in [1.54, 1.807) is 12.4 Å². The van der Waals surface area contributed by atoms with E-state index in [4.69, 9.17) is 0 Å². The van der Waals surface area contributed by atoms with Crippen LogP contribution in [0.2, 0.25) is 0 Å². The van der Waals surface area contributed by atoms with E-state index in [9.17, 15) is 14.3 Å². The maximum absolute atomic E-state index is 13.7. The number of hydrogen-bond donors (Lipinski definition) is 3. The maximum Gasteiger partial charge on any atom is 0.254 e. The standard InChI is InChI=1S/C30H34FN7O2/c1-29(2,36(3)4)30(40)11-5-12-37(18-30)20-6-9-25(32-15-20)35-23-8-7-21(22-16-34-28(39)27(22)23)24-17-33-26-14-19(31)10-13-38(24)26/h6-10,13-15,17,40H,5,11-12,16,18H2,1-4H3,(H,32,35)(H,34,39). The number of aliphatic hydroxyl groups is 1.